The summed E-state index contributed by atoms with van der Waals surface area (Å²) in [5, 5.41) is 2.74. The normalized spacial score (nSPS) is 10.3. The third kappa shape index (κ3) is 3.36. The quantitative estimate of drug-likeness (QED) is 0.844. The highest BCUT2D eigenvalue weighted by Crippen LogP contribution is 2.18. The van der Waals surface area contributed by atoms with E-state index in [0.29, 0.717) is 16.8 Å². The number of carbonyl (C=O) groups is 1. The smallest absolute Gasteiger partial charge is 0.251 e. The van der Waals surface area contributed by atoms with Gasteiger partial charge in [-0.2, -0.15) is 0 Å². The van der Waals surface area contributed by atoms with Crippen molar-refractivity contribution in [3.05, 3.63) is 63.4 Å². The number of anilines is 1. The zero-order chi connectivity index (χ0) is 14.7. The second kappa shape index (κ2) is 6.05. The third-order valence-electron chi connectivity index (χ3n) is 2.99. The molecule has 1 amide bonds. The number of nitrogens with one attached hydrogen (secondary N) is 1. The fourth-order valence-electron chi connectivity index (χ4n) is 1.74. The number of carbonyl (C=O) groups excluding carboxylic acids is 1. The minimum Gasteiger partial charge on any atom is -0.398 e. The SMILES string of the molecule is Cc1ccc(C(=O)NCc2cc(F)ccc2Br)cc1N. The lowest BCUT2D eigenvalue weighted by Crippen LogP contribution is -2.23. The van der Waals surface area contributed by atoms with Gasteiger partial charge in [0.2, 0.25) is 0 Å². The number of nitrogen functional groups attached to an aromatic ring is 1. The summed E-state index contributed by atoms with van der Waals surface area (Å²) in [5.41, 5.74) is 8.44. The Kier molecular flexibility index (Phi) is 4.39. The first-order valence-corrected chi connectivity index (χ1v) is 6.85. The lowest BCUT2D eigenvalue weighted by molar-refractivity contribution is 0.0951. The van der Waals surface area contributed by atoms with Gasteiger partial charge in [0.05, 0.1) is 0 Å². The summed E-state index contributed by atoms with van der Waals surface area (Å²) in [6.45, 7) is 2.12. The van der Waals surface area contributed by atoms with Crippen LogP contribution in [-0.2, 0) is 6.54 Å². The largest absolute Gasteiger partial charge is 0.398 e. The molecule has 2 rings (SSSR count). The Balaban J connectivity index is 2.08. The Morgan fingerprint density at radius 1 is 1.30 bits per heavy atom. The summed E-state index contributed by atoms with van der Waals surface area (Å²) >= 11 is 3.32. The second-order valence-corrected chi connectivity index (χ2v) is 5.34. The molecule has 0 aliphatic heterocycles. The van der Waals surface area contributed by atoms with Crippen molar-refractivity contribution in [1.29, 1.82) is 0 Å². The van der Waals surface area contributed by atoms with Crippen molar-refractivity contribution in [3.8, 4) is 0 Å². The number of benzene rings is 2. The van der Waals surface area contributed by atoms with Gasteiger partial charge in [-0.3, -0.25) is 4.79 Å². The van der Waals surface area contributed by atoms with Crippen molar-refractivity contribution >= 4 is 27.5 Å². The highest BCUT2D eigenvalue weighted by Gasteiger charge is 2.08. The molecule has 2 aromatic rings. The average Bonchev–Trinajstić information content (AvgIpc) is 2.42. The van der Waals surface area contributed by atoms with Gasteiger partial charge < -0.3 is 11.1 Å². The molecule has 0 atom stereocenters. The Morgan fingerprint density at radius 2 is 2.05 bits per heavy atom. The van der Waals surface area contributed by atoms with Gasteiger partial charge in [-0.1, -0.05) is 22.0 Å². The van der Waals surface area contributed by atoms with Gasteiger partial charge in [0.25, 0.3) is 5.91 Å². The summed E-state index contributed by atoms with van der Waals surface area (Å²) in [7, 11) is 0. The summed E-state index contributed by atoms with van der Waals surface area (Å²) in [4.78, 5) is 12.0. The molecule has 104 valence electrons. The van der Waals surface area contributed by atoms with Crippen LogP contribution >= 0.6 is 15.9 Å². The van der Waals surface area contributed by atoms with Crippen molar-refractivity contribution in [2.24, 2.45) is 0 Å². The molecule has 0 aliphatic rings. The number of rotatable bonds is 3. The van der Waals surface area contributed by atoms with E-state index in [1.54, 1.807) is 24.3 Å². The van der Waals surface area contributed by atoms with E-state index in [4.69, 9.17) is 5.73 Å². The van der Waals surface area contributed by atoms with Gasteiger partial charge in [0, 0.05) is 22.3 Å². The Bertz CT molecular complexity index is 658. The lowest BCUT2D eigenvalue weighted by Gasteiger charge is -2.08. The molecule has 0 radical (unpaired) electrons. The third-order valence-corrected chi connectivity index (χ3v) is 3.76. The molecule has 2 aromatic carbocycles. The van der Waals surface area contributed by atoms with Gasteiger partial charge in [-0.25, -0.2) is 4.39 Å². The number of hydrogen-bond acceptors (Lipinski definition) is 2. The van der Waals surface area contributed by atoms with Crippen LogP contribution in [0, 0.1) is 12.7 Å². The molecule has 0 saturated heterocycles. The van der Waals surface area contributed by atoms with Crippen LogP contribution in [0.15, 0.2) is 40.9 Å². The minimum absolute atomic E-state index is 0.241. The molecule has 20 heavy (non-hydrogen) atoms. The number of amides is 1. The van der Waals surface area contributed by atoms with Crippen molar-refractivity contribution in [2.75, 3.05) is 5.73 Å². The van der Waals surface area contributed by atoms with Crippen LogP contribution in [0.3, 0.4) is 0 Å². The van der Waals surface area contributed by atoms with E-state index >= 15 is 0 Å². The van der Waals surface area contributed by atoms with Crippen molar-refractivity contribution in [3.63, 3.8) is 0 Å². The molecule has 0 heterocycles. The average molecular weight is 337 g/mol. The van der Waals surface area contributed by atoms with Gasteiger partial charge in [-0.05, 0) is 48.4 Å². The molecule has 0 unspecified atom stereocenters. The van der Waals surface area contributed by atoms with Crippen molar-refractivity contribution < 1.29 is 9.18 Å². The highest BCUT2D eigenvalue weighted by molar-refractivity contribution is 9.10. The number of aryl methyl sites for hydroxylation is 1. The van der Waals surface area contributed by atoms with E-state index in [1.165, 1.54) is 12.1 Å². The monoisotopic (exact) mass is 336 g/mol. The molecule has 0 saturated carbocycles. The van der Waals surface area contributed by atoms with Crippen LogP contribution < -0.4 is 11.1 Å². The first-order valence-electron chi connectivity index (χ1n) is 6.05. The number of hydrogen-bond donors (Lipinski definition) is 2. The van der Waals surface area contributed by atoms with E-state index in [0.717, 1.165) is 10.0 Å². The van der Waals surface area contributed by atoms with Crippen molar-refractivity contribution in [1.82, 2.24) is 5.32 Å². The first kappa shape index (κ1) is 14.5. The highest BCUT2D eigenvalue weighted by atomic mass is 79.9. The zero-order valence-corrected chi connectivity index (χ0v) is 12.5. The summed E-state index contributed by atoms with van der Waals surface area (Å²) < 4.78 is 13.9. The van der Waals surface area contributed by atoms with Crippen LogP contribution in [0.4, 0.5) is 10.1 Å². The zero-order valence-electron chi connectivity index (χ0n) is 10.9. The molecule has 0 bridgehead atoms. The Labute approximate surface area is 125 Å². The predicted octanol–water partition coefficient (Wildman–Crippen LogP) is 3.41. The minimum atomic E-state index is -0.336. The Hall–Kier alpha value is -1.88. The molecule has 0 spiro atoms. The van der Waals surface area contributed by atoms with Crippen molar-refractivity contribution in [2.45, 2.75) is 13.5 Å². The van der Waals surface area contributed by atoms with Crippen LogP contribution in [0.2, 0.25) is 0 Å². The molecular formula is C15H14BrFN2O. The van der Waals surface area contributed by atoms with Crippen LogP contribution in [0.25, 0.3) is 0 Å². The van der Waals surface area contributed by atoms with E-state index in [-0.39, 0.29) is 18.3 Å². The molecule has 0 aromatic heterocycles. The van der Waals surface area contributed by atoms with Crippen LogP contribution in [-0.4, -0.2) is 5.91 Å². The predicted molar refractivity (Wildman–Crippen MR) is 80.9 cm³/mol. The second-order valence-electron chi connectivity index (χ2n) is 4.49. The first-order chi connectivity index (χ1) is 9.47. The van der Waals surface area contributed by atoms with Crippen LogP contribution in [0.1, 0.15) is 21.5 Å². The van der Waals surface area contributed by atoms with Gasteiger partial charge >= 0.3 is 0 Å². The molecule has 0 aliphatic carbocycles. The number of nitrogens with two attached hydrogens (primary N) is 1. The fraction of sp³-hybridized carbons (Fsp3) is 0.133. The maximum Gasteiger partial charge on any atom is 0.251 e. The number of halogens is 2. The standard InChI is InChI=1S/C15H14BrFN2O/c1-9-2-3-10(7-14(9)18)15(20)19-8-11-6-12(17)4-5-13(11)16/h2-7H,8,18H2,1H3,(H,19,20). The van der Waals surface area contributed by atoms with Crippen LogP contribution in [0.5, 0.6) is 0 Å². The van der Waals surface area contributed by atoms with E-state index in [9.17, 15) is 9.18 Å². The van der Waals surface area contributed by atoms with E-state index in [1.807, 2.05) is 6.92 Å². The van der Waals surface area contributed by atoms with E-state index in [2.05, 4.69) is 21.2 Å². The molecular weight excluding hydrogens is 323 g/mol. The topological polar surface area (TPSA) is 55.1 Å². The van der Waals surface area contributed by atoms with Gasteiger partial charge in [-0.15, -0.1) is 0 Å². The summed E-state index contributed by atoms with van der Waals surface area (Å²) in [6, 6.07) is 9.49. The van der Waals surface area contributed by atoms with Gasteiger partial charge in [0.1, 0.15) is 5.82 Å². The fourth-order valence-corrected chi connectivity index (χ4v) is 2.12. The lowest BCUT2D eigenvalue weighted by atomic mass is 10.1. The van der Waals surface area contributed by atoms with E-state index < -0.39 is 0 Å². The maximum atomic E-state index is 13.1. The maximum absolute atomic E-state index is 13.1. The van der Waals surface area contributed by atoms with Gasteiger partial charge in [0.15, 0.2) is 0 Å². The molecule has 0 fully saturated rings. The Morgan fingerprint density at radius 3 is 2.75 bits per heavy atom. The summed E-state index contributed by atoms with van der Waals surface area (Å²) in [5.74, 6) is -0.579. The molecule has 5 heteroatoms. The summed E-state index contributed by atoms with van der Waals surface area (Å²) in [6.07, 6.45) is 0. The molecule has 3 N–H and O–H groups in total. The molecule has 3 nitrogen and oxygen atoms in total.